The number of carbonyl (C=O) groups excluding carboxylic acids is 1. The van der Waals surface area contributed by atoms with Crippen LogP contribution in [0, 0.1) is 11.8 Å². The number of carbonyl (C=O) groups is 1. The normalized spacial score (nSPS) is 32.4. The molecule has 5 heteroatoms. The molecule has 0 spiro atoms. The number of likely N-dealkylation sites (tertiary alicyclic amines) is 1. The Hall–Kier alpha value is -0.650. The molecule has 3 unspecified atom stereocenters. The molecule has 0 radical (unpaired) electrons. The van der Waals surface area contributed by atoms with E-state index in [2.05, 4.69) is 17.1 Å². The molecule has 5 nitrogen and oxygen atoms in total. The van der Waals surface area contributed by atoms with Gasteiger partial charge in [-0.05, 0) is 44.4 Å². The third-order valence-corrected chi connectivity index (χ3v) is 6.43. The van der Waals surface area contributed by atoms with Crippen molar-refractivity contribution in [2.45, 2.75) is 76.5 Å². The summed E-state index contributed by atoms with van der Waals surface area (Å²) in [7, 11) is 0. The lowest BCUT2D eigenvalue weighted by Gasteiger charge is -2.42. The highest BCUT2D eigenvalue weighted by Gasteiger charge is 2.33. The standard InChI is InChI=1S/C19H34N2O3/c1-14(15-8-12-24-13-9-15)19(23)20-16-6-10-21(11-7-16)17-4-2-3-5-18(17)22/h14-18,22H,2-13H2,1H3,(H,20,23). The second kappa shape index (κ2) is 8.63. The van der Waals surface area contributed by atoms with E-state index in [9.17, 15) is 9.90 Å². The van der Waals surface area contributed by atoms with Crippen LogP contribution in [0.4, 0.5) is 0 Å². The molecule has 0 aromatic carbocycles. The van der Waals surface area contributed by atoms with Crippen molar-refractivity contribution in [2.75, 3.05) is 26.3 Å². The molecule has 3 atom stereocenters. The quantitative estimate of drug-likeness (QED) is 0.822. The zero-order valence-electron chi connectivity index (χ0n) is 15.1. The Balaban J connectivity index is 1.42. The lowest BCUT2D eigenvalue weighted by Crippen LogP contribution is -2.53. The monoisotopic (exact) mass is 338 g/mol. The summed E-state index contributed by atoms with van der Waals surface area (Å²) in [5.74, 6) is 0.779. The summed E-state index contributed by atoms with van der Waals surface area (Å²) < 4.78 is 5.40. The van der Waals surface area contributed by atoms with Crippen molar-refractivity contribution in [1.29, 1.82) is 0 Å². The lowest BCUT2D eigenvalue weighted by atomic mass is 9.86. The number of hydrogen-bond acceptors (Lipinski definition) is 4. The van der Waals surface area contributed by atoms with E-state index in [1.807, 2.05) is 0 Å². The number of hydrogen-bond donors (Lipinski definition) is 2. The summed E-state index contributed by atoms with van der Waals surface area (Å²) >= 11 is 0. The molecule has 0 aromatic heterocycles. The Morgan fingerprint density at radius 2 is 1.75 bits per heavy atom. The van der Waals surface area contributed by atoms with E-state index < -0.39 is 0 Å². The van der Waals surface area contributed by atoms with Crippen molar-refractivity contribution < 1.29 is 14.6 Å². The van der Waals surface area contributed by atoms with Crippen LogP contribution in [0.1, 0.15) is 58.3 Å². The maximum atomic E-state index is 12.5. The van der Waals surface area contributed by atoms with Gasteiger partial charge in [0.2, 0.25) is 5.91 Å². The molecule has 0 aromatic rings. The van der Waals surface area contributed by atoms with E-state index in [1.165, 1.54) is 6.42 Å². The molecule has 1 aliphatic carbocycles. The van der Waals surface area contributed by atoms with Gasteiger partial charge in [-0.1, -0.05) is 19.8 Å². The summed E-state index contributed by atoms with van der Waals surface area (Å²) in [5.41, 5.74) is 0. The molecule has 2 aliphatic heterocycles. The highest BCUT2D eigenvalue weighted by atomic mass is 16.5. The molecule has 2 saturated heterocycles. The maximum Gasteiger partial charge on any atom is 0.223 e. The molecule has 3 rings (SSSR count). The van der Waals surface area contributed by atoms with Gasteiger partial charge in [0.25, 0.3) is 0 Å². The molecule has 0 bridgehead atoms. The topological polar surface area (TPSA) is 61.8 Å². The third-order valence-electron chi connectivity index (χ3n) is 6.43. The van der Waals surface area contributed by atoms with E-state index in [0.717, 1.165) is 71.2 Å². The third kappa shape index (κ3) is 4.50. The first-order valence-electron chi connectivity index (χ1n) is 9.95. The fourth-order valence-corrected chi connectivity index (χ4v) is 4.66. The smallest absolute Gasteiger partial charge is 0.223 e. The van der Waals surface area contributed by atoms with Crippen molar-refractivity contribution >= 4 is 5.91 Å². The van der Waals surface area contributed by atoms with Crippen molar-refractivity contribution in [2.24, 2.45) is 11.8 Å². The first kappa shape index (κ1) is 18.2. The predicted molar refractivity (Wildman–Crippen MR) is 93.7 cm³/mol. The number of nitrogens with one attached hydrogen (secondary N) is 1. The van der Waals surface area contributed by atoms with Crippen molar-refractivity contribution in [3.63, 3.8) is 0 Å². The summed E-state index contributed by atoms with van der Waals surface area (Å²) in [6.45, 7) is 5.66. The Labute approximate surface area is 146 Å². The van der Waals surface area contributed by atoms with Gasteiger partial charge < -0.3 is 15.2 Å². The van der Waals surface area contributed by atoms with Crippen LogP contribution >= 0.6 is 0 Å². The largest absolute Gasteiger partial charge is 0.391 e. The van der Waals surface area contributed by atoms with Gasteiger partial charge in [-0.25, -0.2) is 0 Å². The first-order valence-corrected chi connectivity index (χ1v) is 9.95. The molecule has 3 fully saturated rings. The van der Waals surface area contributed by atoms with Gasteiger partial charge in [-0.3, -0.25) is 9.69 Å². The average molecular weight is 338 g/mol. The van der Waals surface area contributed by atoms with Gasteiger partial charge in [0.05, 0.1) is 6.10 Å². The first-order chi connectivity index (χ1) is 11.6. The van der Waals surface area contributed by atoms with Gasteiger partial charge in [-0.15, -0.1) is 0 Å². The minimum Gasteiger partial charge on any atom is -0.391 e. The number of rotatable bonds is 4. The van der Waals surface area contributed by atoms with E-state index in [4.69, 9.17) is 4.74 Å². The zero-order valence-corrected chi connectivity index (χ0v) is 15.1. The molecule has 1 saturated carbocycles. The van der Waals surface area contributed by atoms with Crippen LogP contribution in [-0.4, -0.2) is 60.4 Å². The van der Waals surface area contributed by atoms with Crippen LogP contribution in [0.15, 0.2) is 0 Å². The molecule has 2 heterocycles. The summed E-state index contributed by atoms with van der Waals surface area (Å²) in [6.07, 6.45) is 8.35. The zero-order chi connectivity index (χ0) is 16.9. The highest BCUT2D eigenvalue weighted by molar-refractivity contribution is 5.78. The van der Waals surface area contributed by atoms with Crippen LogP contribution in [-0.2, 0) is 9.53 Å². The van der Waals surface area contributed by atoms with Gasteiger partial charge in [0, 0.05) is 44.3 Å². The van der Waals surface area contributed by atoms with Crippen LogP contribution in [0.25, 0.3) is 0 Å². The second-order valence-electron chi connectivity index (χ2n) is 7.98. The molecule has 138 valence electrons. The average Bonchev–Trinajstić information content (AvgIpc) is 2.63. The van der Waals surface area contributed by atoms with Crippen LogP contribution < -0.4 is 5.32 Å². The number of ether oxygens (including phenoxy) is 1. The maximum absolute atomic E-state index is 12.5. The van der Waals surface area contributed by atoms with E-state index in [0.29, 0.717) is 18.0 Å². The minimum absolute atomic E-state index is 0.0899. The van der Waals surface area contributed by atoms with Crippen molar-refractivity contribution in [3.8, 4) is 0 Å². The molecular formula is C19H34N2O3. The van der Waals surface area contributed by atoms with Crippen LogP contribution in [0.3, 0.4) is 0 Å². The SMILES string of the molecule is CC(C(=O)NC1CCN(C2CCCCC2O)CC1)C1CCOCC1. The van der Waals surface area contributed by atoms with Gasteiger partial charge >= 0.3 is 0 Å². The summed E-state index contributed by atoms with van der Waals surface area (Å²) in [6, 6.07) is 0.647. The Morgan fingerprint density at radius 1 is 1.08 bits per heavy atom. The number of aliphatic hydroxyl groups excluding tert-OH is 1. The van der Waals surface area contributed by atoms with Crippen molar-refractivity contribution in [1.82, 2.24) is 10.2 Å². The number of amides is 1. The van der Waals surface area contributed by atoms with Gasteiger partial charge in [-0.2, -0.15) is 0 Å². The van der Waals surface area contributed by atoms with E-state index >= 15 is 0 Å². The van der Waals surface area contributed by atoms with Gasteiger partial charge in [0.1, 0.15) is 0 Å². The molecule has 1 amide bonds. The number of nitrogens with zero attached hydrogens (tertiary/aromatic N) is 1. The van der Waals surface area contributed by atoms with E-state index in [-0.39, 0.29) is 17.9 Å². The predicted octanol–water partition coefficient (Wildman–Crippen LogP) is 1.93. The Bertz CT molecular complexity index is 403. The summed E-state index contributed by atoms with van der Waals surface area (Å²) in [5, 5.41) is 13.5. The highest BCUT2D eigenvalue weighted by Crippen LogP contribution is 2.27. The van der Waals surface area contributed by atoms with Crippen molar-refractivity contribution in [3.05, 3.63) is 0 Å². The summed E-state index contributed by atoms with van der Waals surface area (Å²) in [4.78, 5) is 15.0. The molecular weight excluding hydrogens is 304 g/mol. The lowest BCUT2D eigenvalue weighted by molar-refractivity contribution is -0.128. The molecule has 24 heavy (non-hydrogen) atoms. The van der Waals surface area contributed by atoms with Crippen LogP contribution in [0.5, 0.6) is 0 Å². The fraction of sp³-hybridized carbons (Fsp3) is 0.947. The Kier molecular flexibility index (Phi) is 6.53. The Morgan fingerprint density at radius 3 is 2.42 bits per heavy atom. The molecule has 3 aliphatic rings. The second-order valence-corrected chi connectivity index (χ2v) is 7.98. The van der Waals surface area contributed by atoms with Gasteiger partial charge in [0.15, 0.2) is 0 Å². The fourth-order valence-electron chi connectivity index (χ4n) is 4.66. The molecule has 2 N–H and O–H groups in total. The van der Waals surface area contributed by atoms with Crippen LogP contribution in [0.2, 0.25) is 0 Å². The van der Waals surface area contributed by atoms with E-state index in [1.54, 1.807) is 0 Å². The minimum atomic E-state index is -0.154. The number of aliphatic hydroxyl groups is 1. The number of piperidine rings is 1.